The van der Waals surface area contributed by atoms with E-state index >= 15 is 0 Å². The summed E-state index contributed by atoms with van der Waals surface area (Å²) in [6, 6.07) is 18.0. The van der Waals surface area contributed by atoms with Gasteiger partial charge in [-0.2, -0.15) is 0 Å². The van der Waals surface area contributed by atoms with Crippen molar-refractivity contribution >= 4 is 10.9 Å². The molecule has 114 valence electrons. The molecule has 0 amide bonds. The monoisotopic (exact) mass is 305 g/mol. The van der Waals surface area contributed by atoms with Gasteiger partial charge >= 0.3 is 0 Å². The number of ether oxygens (including phenoxy) is 1. The van der Waals surface area contributed by atoms with E-state index in [1.165, 1.54) is 0 Å². The standard InChI is InChI=1S/C18H15N3O2/c1-12-20-21-18(23-12)16-10-14-15(19-16)8-5-9-17(14)22-11-13-6-3-2-4-7-13/h2-10,19H,11H2,1H3. The molecule has 4 rings (SSSR count). The van der Waals surface area contributed by atoms with Crippen LogP contribution in [-0.4, -0.2) is 15.2 Å². The van der Waals surface area contributed by atoms with E-state index in [-0.39, 0.29) is 0 Å². The van der Waals surface area contributed by atoms with E-state index in [4.69, 9.17) is 9.15 Å². The molecule has 0 spiro atoms. The summed E-state index contributed by atoms with van der Waals surface area (Å²) in [6.07, 6.45) is 0. The summed E-state index contributed by atoms with van der Waals surface area (Å²) in [4.78, 5) is 3.29. The Bertz CT molecular complexity index is 941. The Hall–Kier alpha value is -3.08. The van der Waals surface area contributed by atoms with Crippen molar-refractivity contribution < 1.29 is 9.15 Å². The number of benzene rings is 2. The van der Waals surface area contributed by atoms with Crippen LogP contribution in [0.4, 0.5) is 0 Å². The number of nitrogens with one attached hydrogen (secondary N) is 1. The number of hydrogen-bond acceptors (Lipinski definition) is 4. The topological polar surface area (TPSA) is 63.9 Å². The Morgan fingerprint density at radius 3 is 2.70 bits per heavy atom. The van der Waals surface area contributed by atoms with Crippen molar-refractivity contribution in [3.05, 3.63) is 66.1 Å². The Kier molecular flexibility index (Phi) is 3.31. The average molecular weight is 305 g/mol. The minimum atomic E-state index is 0.479. The Morgan fingerprint density at radius 2 is 1.91 bits per heavy atom. The van der Waals surface area contributed by atoms with E-state index < -0.39 is 0 Å². The first-order valence-electron chi connectivity index (χ1n) is 7.38. The smallest absolute Gasteiger partial charge is 0.264 e. The molecule has 5 nitrogen and oxygen atoms in total. The van der Waals surface area contributed by atoms with Crippen molar-refractivity contribution in [1.82, 2.24) is 15.2 Å². The van der Waals surface area contributed by atoms with Crippen LogP contribution in [0.5, 0.6) is 5.75 Å². The van der Waals surface area contributed by atoms with Gasteiger partial charge in [-0.25, -0.2) is 0 Å². The zero-order chi connectivity index (χ0) is 15.6. The maximum Gasteiger partial charge on any atom is 0.264 e. The first-order chi connectivity index (χ1) is 11.3. The lowest BCUT2D eigenvalue weighted by Crippen LogP contribution is -1.94. The van der Waals surface area contributed by atoms with Crippen LogP contribution >= 0.6 is 0 Å². The van der Waals surface area contributed by atoms with Crippen molar-refractivity contribution in [2.75, 3.05) is 0 Å². The van der Waals surface area contributed by atoms with Gasteiger partial charge in [0.15, 0.2) is 0 Å². The van der Waals surface area contributed by atoms with Gasteiger partial charge in [-0.1, -0.05) is 36.4 Å². The largest absolute Gasteiger partial charge is 0.488 e. The third-order valence-electron chi connectivity index (χ3n) is 3.62. The van der Waals surface area contributed by atoms with Crippen LogP contribution in [0.3, 0.4) is 0 Å². The van der Waals surface area contributed by atoms with Crippen molar-refractivity contribution in [2.24, 2.45) is 0 Å². The van der Waals surface area contributed by atoms with Gasteiger partial charge in [-0.3, -0.25) is 0 Å². The molecule has 0 unspecified atom stereocenters. The molecule has 0 fully saturated rings. The second-order valence-corrected chi connectivity index (χ2v) is 5.30. The van der Waals surface area contributed by atoms with Gasteiger partial charge in [-0.05, 0) is 23.8 Å². The number of aryl methyl sites for hydroxylation is 1. The lowest BCUT2D eigenvalue weighted by molar-refractivity contribution is 0.310. The highest BCUT2D eigenvalue weighted by molar-refractivity contribution is 5.89. The van der Waals surface area contributed by atoms with Gasteiger partial charge in [0.25, 0.3) is 5.89 Å². The molecule has 2 aromatic heterocycles. The highest BCUT2D eigenvalue weighted by Crippen LogP contribution is 2.30. The Labute approximate surface area is 132 Å². The Balaban J connectivity index is 1.66. The second-order valence-electron chi connectivity index (χ2n) is 5.30. The van der Waals surface area contributed by atoms with E-state index in [0.29, 0.717) is 18.4 Å². The molecule has 0 aliphatic heterocycles. The number of fused-ring (bicyclic) bond motifs is 1. The lowest BCUT2D eigenvalue weighted by Gasteiger charge is -2.07. The summed E-state index contributed by atoms with van der Waals surface area (Å²) in [6.45, 7) is 2.30. The van der Waals surface area contributed by atoms with Crippen LogP contribution in [0.1, 0.15) is 11.5 Å². The molecule has 0 radical (unpaired) electrons. The molecule has 2 aromatic carbocycles. The number of nitrogens with zero attached hydrogens (tertiary/aromatic N) is 2. The van der Waals surface area contributed by atoms with E-state index in [0.717, 1.165) is 27.9 Å². The highest BCUT2D eigenvalue weighted by Gasteiger charge is 2.12. The maximum atomic E-state index is 5.97. The minimum absolute atomic E-state index is 0.479. The third-order valence-corrected chi connectivity index (χ3v) is 3.62. The summed E-state index contributed by atoms with van der Waals surface area (Å²) < 4.78 is 11.4. The van der Waals surface area contributed by atoms with Crippen LogP contribution in [-0.2, 0) is 6.61 Å². The normalized spacial score (nSPS) is 11.0. The van der Waals surface area contributed by atoms with E-state index in [1.54, 1.807) is 6.92 Å². The summed E-state index contributed by atoms with van der Waals surface area (Å²) in [7, 11) is 0. The van der Waals surface area contributed by atoms with Gasteiger partial charge in [-0.15, -0.1) is 10.2 Å². The van der Waals surface area contributed by atoms with Gasteiger partial charge in [0.05, 0.1) is 0 Å². The number of H-pyrrole nitrogens is 1. The van der Waals surface area contributed by atoms with Crippen LogP contribution in [0.15, 0.2) is 59.0 Å². The molecular weight excluding hydrogens is 290 g/mol. The van der Waals surface area contributed by atoms with Crippen molar-refractivity contribution in [1.29, 1.82) is 0 Å². The minimum Gasteiger partial charge on any atom is -0.488 e. The Morgan fingerprint density at radius 1 is 1.04 bits per heavy atom. The third kappa shape index (κ3) is 2.68. The van der Waals surface area contributed by atoms with Crippen molar-refractivity contribution in [2.45, 2.75) is 13.5 Å². The zero-order valence-corrected chi connectivity index (χ0v) is 12.6. The molecule has 0 aliphatic carbocycles. The van der Waals surface area contributed by atoms with Crippen LogP contribution < -0.4 is 4.74 Å². The lowest BCUT2D eigenvalue weighted by atomic mass is 10.2. The molecule has 1 N–H and O–H groups in total. The quantitative estimate of drug-likeness (QED) is 0.616. The number of rotatable bonds is 4. The maximum absolute atomic E-state index is 5.97. The predicted molar refractivity (Wildman–Crippen MR) is 87.1 cm³/mol. The predicted octanol–water partition coefficient (Wildman–Crippen LogP) is 4.11. The molecule has 0 atom stereocenters. The second kappa shape index (κ2) is 5.61. The molecule has 0 bridgehead atoms. The molecular formula is C18H15N3O2. The summed E-state index contributed by atoms with van der Waals surface area (Å²) in [5, 5.41) is 8.90. The molecule has 0 aliphatic rings. The molecule has 23 heavy (non-hydrogen) atoms. The fourth-order valence-electron chi connectivity index (χ4n) is 2.51. The SMILES string of the molecule is Cc1nnc(-c2cc3c(OCc4ccccc4)cccc3[nH]2)o1. The number of hydrogen-bond donors (Lipinski definition) is 1. The molecule has 5 heteroatoms. The number of aromatic amines is 1. The van der Waals surface area contributed by atoms with Gasteiger partial charge < -0.3 is 14.1 Å². The van der Waals surface area contributed by atoms with Crippen molar-refractivity contribution in [3.63, 3.8) is 0 Å². The fourth-order valence-corrected chi connectivity index (χ4v) is 2.51. The van der Waals surface area contributed by atoms with E-state index in [1.807, 2.05) is 54.6 Å². The summed E-state index contributed by atoms with van der Waals surface area (Å²) in [5.41, 5.74) is 2.89. The van der Waals surface area contributed by atoms with E-state index in [2.05, 4.69) is 15.2 Å². The highest BCUT2D eigenvalue weighted by atomic mass is 16.5. The van der Waals surface area contributed by atoms with Crippen LogP contribution in [0.25, 0.3) is 22.5 Å². The van der Waals surface area contributed by atoms with Crippen molar-refractivity contribution in [3.8, 4) is 17.3 Å². The van der Waals surface area contributed by atoms with Crippen LogP contribution in [0, 0.1) is 6.92 Å². The van der Waals surface area contributed by atoms with Gasteiger partial charge in [0, 0.05) is 17.8 Å². The molecule has 2 heterocycles. The summed E-state index contributed by atoms with van der Waals surface area (Å²) in [5.74, 6) is 1.84. The number of aromatic nitrogens is 3. The fraction of sp³-hybridized carbons (Fsp3) is 0.111. The zero-order valence-electron chi connectivity index (χ0n) is 12.6. The van der Waals surface area contributed by atoms with Crippen LogP contribution in [0.2, 0.25) is 0 Å². The molecule has 0 saturated carbocycles. The van der Waals surface area contributed by atoms with Gasteiger partial charge in [0.1, 0.15) is 18.1 Å². The molecule has 0 saturated heterocycles. The molecule has 4 aromatic rings. The average Bonchev–Trinajstić information content (AvgIpc) is 3.20. The summed E-state index contributed by atoms with van der Waals surface area (Å²) >= 11 is 0. The first kappa shape index (κ1) is 13.6. The van der Waals surface area contributed by atoms with Gasteiger partial charge in [0.2, 0.25) is 5.89 Å². The first-order valence-corrected chi connectivity index (χ1v) is 7.38. The van der Waals surface area contributed by atoms with E-state index in [9.17, 15) is 0 Å².